The molecule has 0 spiro atoms. The first kappa shape index (κ1) is 12.6. The summed E-state index contributed by atoms with van der Waals surface area (Å²) in [6.07, 6.45) is 0. The van der Waals surface area contributed by atoms with E-state index in [4.69, 9.17) is 16.6 Å². The van der Waals surface area contributed by atoms with Gasteiger partial charge in [-0.3, -0.25) is 0 Å². The van der Waals surface area contributed by atoms with Gasteiger partial charge >= 0.3 is 5.97 Å². The third-order valence-electron chi connectivity index (χ3n) is 2.20. The number of hydrogen-bond donors (Lipinski definition) is 3. The monoisotopic (exact) mass is 244 g/mol. The summed E-state index contributed by atoms with van der Waals surface area (Å²) in [5.74, 6) is -1.67. The Morgan fingerprint density at radius 2 is 1.81 bits per heavy atom. The number of hydrogen-bond acceptors (Lipinski definition) is 5. The van der Waals surface area contributed by atoms with Crippen LogP contribution in [0.4, 0.5) is 0 Å². The second-order valence-corrected chi connectivity index (χ2v) is 5.42. The van der Waals surface area contributed by atoms with E-state index in [1.165, 1.54) is 24.3 Å². The van der Waals surface area contributed by atoms with E-state index in [-0.39, 0.29) is 4.90 Å². The first-order chi connectivity index (χ1) is 7.36. The van der Waals surface area contributed by atoms with Gasteiger partial charge in [-0.25, -0.2) is 13.2 Å². The Labute approximate surface area is 92.8 Å². The van der Waals surface area contributed by atoms with Crippen molar-refractivity contribution in [3.05, 3.63) is 30.3 Å². The largest absolute Gasteiger partial charge is 0.479 e. The van der Waals surface area contributed by atoms with E-state index in [9.17, 15) is 13.2 Å². The molecular formula is C9H12N2O4S. The van der Waals surface area contributed by atoms with Gasteiger partial charge in [0.2, 0.25) is 14.7 Å². The Morgan fingerprint density at radius 1 is 1.31 bits per heavy atom. The Kier molecular flexibility index (Phi) is 3.32. The molecule has 0 bridgehead atoms. The smallest absolute Gasteiger partial charge is 0.341 e. The van der Waals surface area contributed by atoms with Crippen LogP contribution in [0.3, 0.4) is 0 Å². The number of carboxylic acids is 1. The van der Waals surface area contributed by atoms with Gasteiger partial charge in [0.1, 0.15) is 0 Å². The van der Waals surface area contributed by atoms with Crippen LogP contribution in [0.25, 0.3) is 0 Å². The van der Waals surface area contributed by atoms with E-state index in [0.29, 0.717) is 0 Å². The van der Waals surface area contributed by atoms with E-state index in [0.717, 1.165) is 0 Å². The zero-order valence-electron chi connectivity index (χ0n) is 8.33. The molecule has 7 heteroatoms. The third kappa shape index (κ3) is 1.80. The van der Waals surface area contributed by atoms with Crippen molar-refractivity contribution in [2.45, 2.75) is 9.77 Å². The van der Waals surface area contributed by atoms with Crippen LogP contribution in [-0.2, 0) is 14.6 Å². The molecule has 0 fully saturated rings. The summed E-state index contributed by atoms with van der Waals surface area (Å²) < 4.78 is 23.9. The van der Waals surface area contributed by atoms with E-state index in [2.05, 4.69) is 0 Å². The van der Waals surface area contributed by atoms with Crippen LogP contribution in [-0.4, -0.2) is 30.9 Å². The molecule has 0 amide bonds. The zero-order chi connectivity index (χ0) is 12.4. The van der Waals surface area contributed by atoms with Crippen LogP contribution in [0.1, 0.15) is 0 Å². The second kappa shape index (κ2) is 4.20. The molecule has 5 N–H and O–H groups in total. The lowest BCUT2D eigenvalue weighted by atomic mass is 10.3. The number of carbonyl (C=O) groups is 1. The van der Waals surface area contributed by atoms with E-state index in [1.807, 2.05) is 0 Å². The molecule has 1 aromatic rings. The summed E-state index contributed by atoms with van der Waals surface area (Å²) in [6.45, 7) is -0.695. The first-order valence-electron chi connectivity index (χ1n) is 4.38. The minimum Gasteiger partial charge on any atom is -0.479 e. The van der Waals surface area contributed by atoms with Crippen molar-refractivity contribution in [3.63, 3.8) is 0 Å². The summed E-state index contributed by atoms with van der Waals surface area (Å²) in [5, 5.41) is 8.85. The molecule has 1 unspecified atom stereocenters. The lowest BCUT2D eigenvalue weighted by Crippen LogP contribution is -2.59. The minimum absolute atomic E-state index is 0.162. The van der Waals surface area contributed by atoms with Crippen LogP contribution in [0.5, 0.6) is 0 Å². The van der Waals surface area contributed by atoms with Gasteiger partial charge in [-0.05, 0) is 12.1 Å². The zero-order valence-corrected chi connectivity index (χ0v) is 9.15. The second-order valence-electron chi connectivity index (χ2n) is 3.22. The maximum atomic E-state index is 11.9. The van der Waals surface area contributed by atoms with E-state index < -0.39 is 27.2 Å². The molecule has 0 saturated heterocycles. The van der Waals surface area contributed by atoms with Crippen molar-refractivity contribution in [2.75, 3.05) is 6.54 Å². The number of sulfone groups is 1. The van der Waals surface area contributed by atoms with E-state index >= 15 is 0 Å². The quantitative estimate of drug-likeness (QED) is 0.634. The number of carboxylic acid groups (broad SMARTS) is 1. The Hall–Kier alpha value is -1.44. The van der Waals surface area contributed by atoms with Crippen molar-refractivity contribution < 1.29 is 18.3 Å². The third-order valence-corrected chi connectivity index (χ3v) is 4.39. The maximum absolute atomic E-state index is 11.9. The summed E-state index contributed by atoms with van der Waals surface area (Å²) >= 11 is 0. The van der Waals surface area contributed by atoms with Crippen LogP contribution < -0.4 is 11.5 Å². The van der Waals surface area contributed by atoms with Crippen molar-refractivity contribution in [2.24, 2.45) is 11.5 Å². The fraction of sp³-hybridized carbons (Fsp3) is 0.222. The molecule has 0 radical (unpaired) electrons. The number of benzene rings is 1. The highest BCUT2D eigenvalue weighted by Crippen LogP contribution is 2.20. The van der Waals surface area contributed by atoms with Crippen molar-refractivity contribution in [1.29, 1.82) is 0 Å². The van der Waals surface area contributed by atoms with Gasteiger partial charge in [-0.2, -0.15) is 0 Å². The van der Waals surface area contributed by atoms with Gasteiger partial charge in [-0.1, -0.05) is 18.2 Å². The van der Waals surface area contributed by atoms with E-state index in [1.54, 1.807) is 6.07 Å². The van der Waals surface area contributed by atoms with Crippen LogP contribution >= 0.6 is 0 Å². The molecule has 0 aliphatic rings. The number of aliphatic carboxylic acids is 1. The molecule has 0 saturated carbocycles. The van der Waals surface area contributed by atoms with Crippen molar-refractivity contribution in [3.8, 4) is 0 Å². The predicted octanol–water partition coefficient (Wildman–Crippen LogP) is -0.841. The van der Waals surface area contributed by atoms with Gasteiger partial charge in [0, 0.05) is 6.54 Å². The van der Waals surface area contributed by atoms with Crippen LogP contribution in [0, 0.1) is 0 Å². The van der Waals surface area contributed by atoms with Gasteiger partial charge in [0.05, 0.1) is 4.90 Å². The van der Waals surface area contributed by atoms with Crippen LogP contribution in [0.2, 0.25) is 0 Å². The molecule has 0 heterocycles. The Bertz CT molecular complexity index is 485. The molecule has 16 heavy (non-hydrogen) atoms. The average Bonchev–Trinajstić information content (AvgIpc) is 2.28. The van der Waals surface area contributed by atoms with Crippen molar-refractivity contribution >= 4 is 15.8 Å². The van der Waals surface area contributed by atoms with Gasteiger partial charge in [0.15, 0.2) is 0 Å². The van der Waals surface area contributed by atoms with Crippen molar-refractivity contribution in [1.82, 2.24) is 0 Å². The topological polar surface area (TPSA) is 123 Å². The van der Waals surface area contributed by atoms with Crippen LogP contribution in [0.15, 0.2) is 35.2 Å². The molecule has 0 aromatic heterocycles. The van der Waals surface area contributed by atoms with Gasteiger partial charge in [0.25, 0.3) is 0 Å². The average molecular weight is 244 g/mol. The fourth-order valence-electron chi connectivity index (χ4n) is 1.12. The molecule has 6 nitrogen and oxygen atoms in total. The van der Waals surface area contributed by atoms with Gasteiger partial charge < -0.3 is 16.6 Å². The molecule has 1 aromatic carbocycles. The lowest BCUT2D eigenvalue weighted by molar-refractivity contribution is -0.139. The maximum Gasteiger partial charge on any atom is 0.341 e. The molecular weight excluding hydrogens is 232 g/mol. The lowest BCUT2D eigenvalue weighted by Gasteiger charge is -2.22. The number of rotatable bonds is 4. The molecule has 0 aliphatic carbocycles. The standard InChI is InChI=1S/C9H12N2O4S/c10-6-9(11,8(12)13)16(14,15)7-4-2-1-3-5-7/h1-5H,6,10-11H2,(H,12,13). The summed E-state index contributed by atoms with van der Waals surface area (Å²) in [4.78, 5) is 8.23. The Balaban J connectivity index is 3.37. The normalized spacial score (nSPS) is 15.4. The summed E-state index contributed by atoms with van der Waals surface area (Å²) in [6, 6.07) is 7.11. The molecule has 1 atom stereocenters. The highest BCUT2D eigenvalue weighted by molar-refractivity contribution is 7.93. The summed E-state index contributed by atoms with van der Waals surface area (Å²) in [5.41, 5.74) is 10.5. The first-order valence-corrected chi connectivity index (χ1v) is 5.86. The van der Waals surface area contributed by atoms with Gasteiger partial charge in [-0.15, -0.1) is 0 Å². The SMILES string of the molecule is NCC(N)(C(=O)O)S(=O)(=O)c1ccccc1. The highest BCUT2D eigenvalue weighted by atomic mass is 32.2. The molecule has 0 aliphatic heterocycles. The Morgan fingerprint density at radius 3 is 2.19 bits per heavy atom. The highest BCUT2D eigenvalue weighted by Gasteiger charge is 2.47. The molecule has 1 rings (SSSR count). The number of nitrogens with two attached hydrogens (primary N) is 2. The molecule has 88 valence electrons. The summed E-state index contributed by atoms with van der Waals surface area (Å²) in [7, 11) is -4.20. The fourth-order valence-corrected chi connectivity index (χ4v) is 2.51. The minimum atomic E-state index is -4.20. The predicted molar refractivity (Wildman–Crippen MR) is 57.2 cm³/mol.